The lowest BCUT2D eigenvalue weighted by Crippen LogP contribution is -2.52. The van der Waals surface area contributed by atoms with E-state index in [4.69, 9.17) is 27.9 Å². The van der Waals surface area contributed by atoms with Gasteiger partial charge in [-0.3, -0.25) is 9.59 Å². The molecule has 4 atom stereocenters. The minimum Gasteiger partial charge on any atom is -0.481 e. The Balaban J connectivity index is 1.90. The fourth-order valence-electron chi connectivity index (χ4n) is 4.33. The fourth-order valence-corrected chi connectivity index (χ4v) is 4.65. The van der Waals surface area contributed by atoms with Gasteiger partial charge in [-0.15, -0.1) is 5.10 Å². The summed E-state index contributed by atoms with van der Waals surface area (Å²) in [6, 6.07) is 13.1. The van der Waals surface area contributed by atoms with Crippen molar-refractivity contribution in [3.63, 3.8) is 0 Å². The van der Waals surface area contributed by atoms with Crippen LogP contribution in [0.5, 0.6) is 0 Å². The van der Waals surface area contributed by atoms with Crippen molar-refractivity contribution in [3.8, 4) is 0 Å². The quantitative estimate of drug-likeness (QED) is 0.462. The maximum absolute atomic E-state index is 13.8. The SMILES string of the molecule is CCC[C@H](c1nnn[nH]1)N1C(=O)C(CC(=O)O)O[C@@H](c2cccc(Cl)c2)C1c1ccc(Cl)cc1. The summed E-state index contributed by atoms with van der Waals surface area (Å²) >= 11 is 12.4. The highest BCUT2D eigenvalue weighted by atomic mass is 35.5. The molecule has 0 radical (unpaired) electrons. The van der Waals surface area contributed by atoms with Crippen molar-refractivity contribution >= 4 is 35.1 Å². The van der Waals surface area contributed by atoms with E-state index in [1.54, 1.807) is 35.2 Å². The summed E-state index contributed by atoms with van der Waals surface area (Å²) < 4.78 is 6.20. The fraction of sp³-hybridized carbons (Fsp3) is 0.348. The predicted molar refractivity (Wildman–Crippen MR) is 124 cm³/mol. The Hall–Kier alpha value is -3.01. The van der Waals surface area contributed by atoms with Gasteiger partial charge in [-0.1, -0.05) is 60.8 Å². The standard InChI is InChI=1S/C23H23Cl2N5O4/c1-2-4-17(22-26-28-29-27-22)30-20(13-7-9-15(24)10-8-13)21(14-5-3-6-16(25)11-14)34-18(23(30)33)12-19(31)32/h3,5-11,17-18,20-21H,2,4,12H2,1H3,(H,31,32)(H,26,27,28,29)/t17-,18?,20?,21+/m1/s1. The second-order valence-corrected chi connectivity index (χ2v) is 8.90. The maximum Gasteiger partial charge on any atom is 0.306 e. The molecule has 11 heteroatoms. The first-order valence-corrected chi connectivity index (χ1v) is 11.6. The Morgan fingerprint density at radius 2 is 1.94 bits per heavy atom. The first-order valence-electron chi connectivity index (χ1n) is 10.8. The highest BCUT2D eigenvalue weighted by molar-refractivity contribution is 6.30. The number of hydrogen-bond donors (Lipinski definition) is 2. The normalized spacial score (nSPS) is 21.4. The van der Waals surface area contributed by atoms with Crippen LogP contribution in [0.25, 0.3) is 0 Å². The number of ether oxygens (including phenoxy) is 1. The molecule has 2 unspecified atom stereocenters. The number of nitrogens with zero attached hydrogens (tertiary/aromatic N) is 4. The van der Waals surface area contributed by atoms with Crippen LogP contribution in [0.2, 0.25) is 10.0 Å². The van der Waals surface area contributed by atoms with Crippen LogP contribution in [0.3, 0.4) is 0 Å². The van der Waals surface area contributed by atoms with E-state index in [2.05, 4.69) is 20.6 Å². The molecule has 2 heterocycles. The Kier molecular flexibility index (Phi) is 7.45. The molecule has 1 saturated heterocycles. The molecular formula is C23H23Cl2N5O4. The number of carbonyl (C=O) groups is 2. The lowest BCUT2D eigenvalue weighted by molar-refractivity contribution is -0.184. The third kappa shape index (κ3) is 5.06. The van der Waals surface area contributed by atoms with Crippen molar-refractivity contribution in [3.05, 3.63) is 75.5 Å². The highest BCUT2D eigenvalue weighted by Crippen LogP contribution is 2.47. The Morgan fingerprint density at radius 3 is 2.56 bits per heavy atom. The molecule has 0 spiro atoms. The second-order valence-electron chi connectivity index (χ2n) is 8.03. The molecule has 3 aromatic rings. The number of carboxylic acids is 1. The van der Waals surface area contributed by atoms with Crippen LogP contribution in [-0.4, -0.2) is 48.6 Å². The Morgan fingerprint density at radius 1 is 1.18 bits per heavy atom. The van der Waals surface area contributed by atoms with Crippen molar-refractivity contribution in [2.24, 2.45) is 0 Å². The van der Waals surface area contributed by atoms with E-state index in [1.165, 1.54) is 0 Å². The average Bonchev–Trinajstić information content (AvgIpc) is 3.34. The molecule has 1 aliphatic rings. The summed E-state index contributed by atoms with van der Waals surface area (Å²) in [5.74, 6) is -1.17. The van der Waals surface area contributed by atoms with Gasteiger partial charge < -0.3 is 14.7 Å². The zero-order valence-corrected chi connectivity index (χ0v) is 19.8. The monoisotopic (exact) mass is 503 g/mol. The summed E-state index contributed by atoms with van der Waals surface area (Å²) in [5, 5.41) is 24.8. The molecule has 0 aliphatic carbocycles. The Labute approximate surface area is 206 Å². The van der Waals surface area contributed by atoms with E-state index in [0.29, 0.717) is 27.9 Å². The van der Waals surface area contributed by atoms with Gasteiger partial charge in [0.05, 0.1) is 18.5 Å². The number of H-pyrrole nitrogens is 1. The van der Waals surface area contributed by atoms with Gasteiger partial charge in [0.15, 0.2) is 5.82 Å². The van der Waals surface area contributed by atoms with Crippen LogP contribution < -0.4 is 0 Å². The minimum absolute atomic E-state index is 0.412. The number of amides is 1. The van der Waals surface area contributed by atoms with Crippen LogP contribution in [0, 0.1) is 0 Å². The molecule has 2 N–H and O–H groups in total. The molecule has 1 aromatic heterocycles. The summed E-state index contributed by atoms with van der Waals surface area (Å²) in [4.78, 5) is 27.0. The number of carboxylic acid groups (broad SMARTS) is 1. The van der Waals surface area contributed by atoms with Crippen molar-refractivity contribution < 1.29 is 19.4 Å². The highest BCUT2D eigenvalue weighted by Gasteiger charge is 2.48. The lowest BCUT2D eigenvalue weighted by atomic mass is 9.89. The molecule has 9 nitrogen and oxygen atoms in total. The van der Waals surface area contributed by atoms with Crippen molar-refractivity contribution in [1.82, 2.24) is 25.5 Å². The number of halogens is 2. The van der Waals surface area contributed by atoms with E-state index in [1.807, 2.05) is 25.1 Å². The number of aliphatic carboxylic acids is 1. The smallest absolute Gasteiger partial charge is 0.306 e. The summed E-state index contributed by atoms with van der Waals surface area (Å²) in [5.41, 5.74) is 1.48. The number of hydrogen-bond acceptors (Lipinski definition) is 6. The van der Waals surface area contributed by atoms with Gasteiger partial charge in [0.1, 0.15) is 12.2 Å². The first-order chi connectivity index (χ1) is 16.4. The maximum atomic E-state index is 13.8. The molecule has 34 heavy (non-hydrogen) atoms. The van der Waals surface area contributed by atoms with Gasteiger partial charge in [0, 0.05) is 10.0 Å². The molecule has 1 aliphatic heterocycles. The molecule has 0 bridgehead atoms. The zero-order chi connectivity index (χ0) is 24.2. The zero-order valence-electron chi connectivity index (χ0n) is 18.3. The van der Waals surface area contributed by atoms with Gasteiger partial charge in [-0.25, -0.2) is 5.10 Å². The third-order valence-electron chi connectivity index (χ3n) is 5.75. The molecule has 4 rings (SSSR count). The summed E-state index contributed by atoms with van der Waals surface area (Å²) in [6.07, 6.45) is -1.09. The molecule has 2 aromatic carbocycles. The van der Waals surface area contributed by atoms with Crippen LogP contribution >= 0.6 is 23.2 Å². The van der Waals surface area contributed by atoms with Crippen molar-refractivity contribution in [2.75, 3.05) is 0 Å². The van der Waals surface area contributed by atoms with E-state index < -0.39 is 42.6 Å². The van der Waals surface area contributed by atoms with E-state index in [9.17, 15) is 14.7 Å². The van der Waals surface area contributed by atoms with E-state index >= 15 is 0 Å². The number of benzene rings is 2. The topological polar surface area (TPSA) is 121 Å². The molecule has 1 fully saturated rings. The number of nitrogens with one attached hydrogen (secondary N) is 1. The van der Waals surface area contributed by atoms with Gasteiger partial charge in [0.25, 0.3) is 5.91 Å². The van der Waals surface area contributed by atoms with Crippen LogP contribution in [0.1, 0.15) is 61.3 Å². The summed E-state index contributed by atoms with van der Waals surface area (Å²) in [6.45, 7) is 1.99. The number of tetrazole rings is 1. The Bertz CT molecular complexity index is 1140. The third-order valence-corrected chi connectivity index (χ3v) is 6.24. The van der Waals surface area contributed by atoms with E-state index in [-0.39, 0.29) is 0 Å². The molecule has 0 saturated carbocycles. The molecule has 1 amide bonds. The number of carbonyl (C=O) groups excluding carboxylic acids is 1. The molecular weight excluding hydrogens is 481 g/mol. The van der Waals surface area contributed by atoms with Gasteiger partial charge in [-0.05, 0) is 52.2 Å². The van der Waals surface area contributed by atoms with E-state index in [0.717, 1.165) is 12.0 Å². The minimum atomic E-state index is -1.19. The van der Waals surface area contributed by atoms with Crippen molar-refractivity contribution in [1.29, 1.82) is 0 Å². The number of aromatic nitrogens is 4. The largest absolute Gasteiger partial charge is 0.481 e. The molecule has 178 valence electrons. The van der Waals surface area contributed by atoms with Crippen molar-refractivity contribution in [2.45, 2.75) is 50.5 Å². The number of aromatic amines is 1. The first kappa shape index (κ1) is 24.1. The van der Waals surface area contributed by atoms with Gasteiger partial charge in [-0.2, -0.15) is 0 Å². The van der Waals surface area contributed by atoms with Crippen LogP contribution in [0.15, 0.2) is 48.5 Å². The lowest BCUT2D eigenvalue weighted by Gasteiger charge is -2.47. The number of morpholine rings is 1. The van der Waals surface area contributed by atoms with Gasteiger partial charge >= 0.3 is 5.97 Å². The van der Waals surface area contributed by atoms with Crippen LogP contribution in [-0.2, 0) is 14.3 Å². The number of rotatable bonds is 8. The average molecular weight is 504 g/mol. The van der Waals surface area contributed by atoms with Gasteiger partial charge in [0.2, 0.25) is 0 Å². The summed E-state index contributed by atoms with van der Waals surface area (Å²) in [7, 11) is 0. The van der Waals surface area contributed by atoms with Crippen LogP contribution in [0.4, 0.5) is 0 Å². The predicted octanol–water partition coefficient (Wildman–Crippen LogP) is 4.53. The second kappa shape index (κ2) is 10.5.